The summed E-state index contributed by atoms with van der Waals surface area (Å²) in [5.41, 5.74) is 0. The number of carbonyl (C=O) groups excluding carboxylic acids is 1. The van der Waals surface area contributed by atoms with Crippen LogP contribution < -0.4 is 0 Å². The predicted molar refractivity (Wildman–Crippen MR) is 41.4 cm³/mol. The van der Waals surface area contributed by atoms with Crippen LogP contribution in [0.1, 0.15) is 5.82 Å². The number of nitrogens with zero attached hydrogens (tertiary/aromatic N) is 3. The molecule has 0 aromatic carbocycles. The first kappa shape index (κ1) is 9.17. The number of carbonyl (C=O) groups is 1. The van der Waals surface area contributed by atoms with E-state index in [0.29, 0.717) is 0 Å². The van der Waals surface area contributed by atoms with Crippen molar-refractivity contribution in [2.45, 2.75) is 6.92 Å². The lowest BCUT2D eigenvalue weighted by Crippen LogP contribution is -2.11. The van der Waals surface area contributed by atoms with Crippen LogP contribution in [-0.2, 0) is 4.74 Å². The van der Waals surface area contributed by atoms with Crippen molar-refractivity contribution in [3.63, 3.8) is 0 Å². The van der Waals surface area contributed by atoms with Crippen LogP contribution in [0.3, 0.4) is 0 Å². The standard InChI is InChI=1S/C6H7N3O4/c1-4-7-5(9(11)12)3-8(4)6(10)13-2/h3H,1-2H3. The molecule has 0 radical (unpaired) electrons. The van der Waals surface area contributed by atoms with Gasteiger partial charge in [-0.2, -0.15) is 0 Å². The third-order valence-corrected chi connectivity index (χ3v) is 1.43. The monoisotopic (exact) mass is 185 g/mol. The topological polar surface area (TPSA) is 87.3 Å². The fourth-order valence-corrected chi connectivity index (χ4v) is 0.829. The molecule has 0 N–H and O–H groups in total. The maximum Gasteiger partial charge on any atom is 0.421 e. The summed E-state index contributed by atoms with van der Waals surface area (Å²) < 4.78 is 5.34. The number of ether oxygens (including phenoxy) is 1. The van der Waals surface area contributed by atoms with Gasteiger partial charge in [0.2, 0.25) is 5.82 Å². The molecule has 0 saturated carbocycles. The predicted octanol–water partition coefficient (Wildman–Crippen LogP) is 0.714. The van der Waals surface area contributed by atoms with E-state index in [1.54, 1.807) is 0 Å². The summed E-state index contributed by atoms with van der Waals surface area (Å²) in [4.78, 5) is 24.1. The molecule has 1 aromatic heterocycles. The molecule has 1 heterocycles. The van der Waals surface area contributed by atoms with Crippen molar-refractivity contribution < 1.29 is 14.5 Å². The Labute approximate surface area is 73.1 Å². The highest BCUT2D eigenvalue weighted by Crippen LogP contribution is 2.10. The summed E-state index contributed by atoms with van der Waals surface area (Å²) in [6, 6.07) is 0. The summed E-state index contributed by atoms with van der Waals surface area (Å²) in [6.45, 7) is 1.48. The zero-order valence-corrected chi connectivity index (χ0v) is 7.05. The van der Waals surface area contributed by atoms with Gasteiger partial charge in [-0.3, -0.25) is 0 Å². The Morgan fingerprint density at radius 2 is 2.38 bits per heavy atom. The minimum Gasteiger partial charge on any atom is -0.452 e. The lowest BCUT2D eigenvalue weighted by molar-refractivity contribution is -0.389. The summed E-state index contributed by atoms with van der Waals surface area (Å²) >= 11 is 0. The van der Waals surface area contributed by atoms with Gasteiger partial charge in [0.1, 0.15) is 6.20 Å². The van der Waals surface area contributed by atoms with E-state index in [-0.39, 0.29) is 11.6 Å². The number of hydrogen-bond acceptors (Lipinski definition) is 5. The SMILES string of the molecule is COC(=O)n1cc([N+](=O)[O-])nc1C. The number of aromatic nitrogens is 2. The third kappa shape index (κ3) is 1.63. The Kier molecular flexibility index (Phi) is 2.27. The van der Waals surface area contributed by atoms with E-state index in [2.05, 4.69) is 9.72 Å². The number of nitro groups is 1. The van der Waals surface area contributed by atoms with E-state index in [1.807, 2.05) is 0 Å². The molecule has 0 atom stereocenters. The fraction of sp³-hybridized carbons (Fsp3) is 0.333. The third-order valence-electron chi connectivity index (χ3n) is 1.43. The van der Waals surface area contributed by atoms with Crippen LogP contribution >= 0.6 is 0 Å². The van der Waals surface area contributed by atoms with Gasteiger partial charge in [-0.15, -0.1) is 0 Å². The van der Waals surface area contributed by atoms with Gasteiger partial charge in [0.05, 0.1) is 7.11 Å². The maximum atomic E-state index is 10.9. The van der Waals surface area contributed by atoms with Crippen LogP contribution in [0.5, 0.6) is 0 Å². The zero-order valence-electron chi connectivity index (χ0n) is 7.05. The van der Waals surface area contributed by atoms with Crippen LogP contribution in [0, 0.1) is 17.0 Å². The number of aryl methyl sites for hydroxylation is 1. The van der Waals surface area contributed by atoms with E-state index < -0.39 is 11.0 Å². The molecule has 0 aliphatic heterocycles. The first-order valence-corrected chi connectivity index (χ1v) is 3.35. The molecule has 0 amide bonds. The molecule has 0 aliphatic carbocycles. The van der Waals surface area contributed by atoms with Crippen LogP contribution in [0.15, 0.2) is 6.20 Å². The highest BCUT2D eigenvalue weighted by atomic mass is 16.6. The zero-order chi connectivity index (χ0) is 10.0. The second-order valence-corrected chi connectivity index (χ2v) is 2.24. The maximum absolute atomic E-state index is 10.9. The van der Waals surface area contributed by atoms with Crippen LogP contribution in [0.2, 0.25) is 0 Å². The number of rotatable bonds is 1. The summed E-state index contributed by atoms with van der Waals surface area (Å²) in [6.07, 6.45) is 0.319. The number of imidazole rings is 1. The average molecular weight is 185 g/mol. The molecule has 0 aliphatic rings. The molecule has 7 nitrogen and oxygen atoms in total. The normalized spacial score (nSPS) is 9.69. The van der Waals surface area contributed by atoms with E-state index in [4.69, 9.17) is 0 Å². The molecule has 70 valence electrons. The van der Waals surface area contributed by atoms with Crippen molar-refractivity contribution in [1.82, 2.24) is 9.55 Å². The van der Waals surface area contributed by atoms with E-state index in [0.717, 1.165) is 10.8 Å². The second kappa shape index (κ2) is 3.21. The Morgan fingerprint density at radius 3 is 2.77 bits per heavy atom. The van der Waals surface area contributed by atoms with Gasteiger partial charge in [0.25, 0.3) is 0 Å². The molecule has 1 rings (SSSR count). The Hall–Kier alpha value is -1.92. The lowest BCUT2D eigenvalue weighted by Gasteiger charge is -1.96. The second-order valence-electron chi connectivity index (χ2n) is 2.24. The Bertz CT molecular complexity index is 357. The van der Waals surface area contributed by atoms with E-state index in [1.165, 1.54) is 14.0 Å². The minimum atomic E-state index is -0.696. The molecule has 0 saturated heterocycles. The van der Waals surface area contributed by atoms with Crippen molar-refractivity contribution in [1.29, 1.82) is 0 Å². The lowest BCUT2D eigenvalue weighted by atomic mass is 10.7. The Balaban J connectivity index is 3.10. The van der Waals surface area contributed by atoms with Gasteiger partial charge in [-0.1, -0.05) is 0 Å². The summed E-state index contributed by atoms with van der Waals surface area (Å²) in [5, 5.41) is 10.3. The molecular weight excluding hydrogens is 178 g/mol. The highest BCUT2D eigenvalue weighted by Gasteiger charge is 2.19. The van der Waals surface area contributed by atoms with Gasteiger partial charge < -0.3 is 14.9 Å². The average Bonchev–Trinajstić information content (AvgIpc) is 2.46. The first-order chi connectivity index (χ1) is 6.06. The molecule has 0 spiro atoms. The Morgan fingerprint density at radius 1 is 1.77 bits per heavy atom. The van der Waals surface area contributed by atoms with Gasteiger partial charge in [0, 0.05) is 6.92 Å². The van der Waals surface area contributed by atoms with Crippen molar-refractivity contribution in [2.24, 2.45) is 0 Å². The quantitative estimate of drug-likeness (QED) is 0.475. The number of methoxy groups -OCH3 is 1. The highest BCUT2D eigenvalue weighted by molar-refractivity contribution is 5.71. The molecule has 7 heteroatoms. The van der Waals surface area contributed by atoms with Crippen LogP contribution in [-0.4, -0.2) is 27.7 Å². The van der Waals surface area contributed by atoms with Crippen LogP contribution in [0.25, 0.3) is 0 Å². The van der Waals surface area contributed by atoms with Crippen molar-refractivity contribution in [2.75, 3.05) is 7.11 Å². The molecule has 1 aromatic rings. The summed E-state index contributed by atoms with van der Waals surface area (Å²) in [7, 11) is 1.19. The molecule has 13 heavy (non-hydrogen) atoms. The first-order valence-electron chi connectivity index (χ1n) is 3.35. The molecule has 0 bridgehead atoms. The van der Waals surface area contributed by atoms with Gasteiger partial charge in [0.15, 0.2) is 0 Å². The van der Waals surface area contributed by atoms with Crippen LogP contribution in [0.4, 0.5) is 10.6 Å². The van der Waals surface area contributed by atoms with Gasteiger partial charge in [-0.25, -0.2) is 9.36 Å². The number of hydrogen-bond donors (Lipinski definition) is 0. The minimum absolute atomic E-state index is 0.221. The van der Waals surface area contributed by atoms with Gasteiger partial charge in [-0.05, 0) is 9.91 Å². The van der Waals surface area contributed by atoms with Crippen molar-refractivity contribution in [3.8, 4) is 0 Å². The van der Waals surface area contributed by atoms with E-state index in [9.17, 15) is 14.9 Å². The smallest absolute Gasteiger partial charge is 0.421 e. The molecule has 0 fully saturated rings. The van der Waals surface area contributed by atoms with Crippen molar-refractivity contribution in [3.05, 3.63) is 22.1 Å². The van der Waals surface area contributed by atoms with Gasteiger partial charge >= 0.3 is 11.9 Å². The fourth-order valence-electron chi connectivity index (χ4n) is 0.829. The largest absolute Gasteiger partial charge is 0.452 e. The summed E-state index contributed by atoms with van der Waals surface area (Å²) in [5.74, 6) is -0.151. The van der Waals surface area contributed by atoms with Crippen molar-refractivity contribution >= 4 is 11.9 Å². The molecular formula is C6H7N3O4. The van der Waals surface area contributed by atoms with E-state index >= 15 is 0 Å². The molecule has 0 unspecified atom stereocenters.